The molecule has 34 heavy (non-hydrogen) atoms. The lowest BCUT2D eigenvalue weighted by Gasteiger charge is -2.37. The van der Waals surface area contributed by atoms with Crippen LogP contribution in [-0.2, 0) is 9.53 Å². The molecule has 2 aromatic rings. The van der Waals surface area contributed by atoms with E-state index in [1.165, 1.54) is 6.07 Å². The van der Waals surface area contributed by atoms with Gasteiger partial charge in [-0.1, -0.05) is 13.8 Å². The smallest absolute Gasteiger partial charge is 0.251 e. The average Bonchev–Trinajstić information content (AvgIpc) is 2.77. The summed E-state index contributed by atoms with van der Waals surface area (Å²) in [5, 5.41) is 5.52. The molecule has 3 unspecified atom stereocenters. The van der Waals surface area contributed by atoms with Gasteiger partial charge in [0, 0.05) is 24.3 Å². The summed E-state index contributed by atoms with van der Waals surface area (Å²) in [7, 11) is 0. The highest BCUT2D eigenvalue weighted by Crippen LogP contribution is 2.26. The summed E-state index contributed by atoms with van der Waals surface area (Å²) in [6.07, 6.45) is 0.0154. The second-order valence-electron chi connectivity index (χ2n) is 8.97. The standard InChI is InChI=1S/C26H34FN3O4/c1-6-33-21-10-7-19(8-11-21)25(31)29-24(16(2)3)26(32)28-20-9-12-23(22(27)13-20)30-14-17(4)34-18(5)15-30/h7-13,16-18,24H,6,14-15H2,1-5H3,(H,28,32)(H,29,31). The quantitative estimate of drug-likeness (QED) is 0.602. The number of rotatable bonds is 8. The first-order chi connectivity index (χ1) is 16.2. The van der Waals surface area contributed by atoms with Crippen LogP contribution in [0.3, 0.4) is 0 Å². The molecule has 0 aliphatic carbocycles. The van der Waals surface area contributed by atoms with E-state index in [9.17, 15) is 14.0 Å². The number of ether oxygens (including phenoxy) is 2. The van der Waals surface area contributed by atoms with Crippen molar-refractivity contribution in [3.8, 4) is 5.75 Å². The number of amides is 2. The molecule has 3 rings (SSSR count). The van der Waals surface area contributed by atoms with Crippen molar-refractivity contribution in [3.05, 3.63) is 53.8 Å². The molecule has 1 fully saturated rings. The third kappa shape index (κ3) is 6.47. The van der Waals surface area contributed by atoms with Gasteiger partial charge in [0.1, 0.15) is 17.6 Å². The zero-order chi connectivity index (χ0) is 24.8. The number of carbonyl (C=O) groups excluding carboxylic acids is 2. The van der Waals surface area contributed by atoms with Crippen molar-refractivity contribution in [1.82, 2.24) is 5.32 Å². The number of morpholine rings is 1. The maximum absolute atomic E-state index is 14.9. The highest BCUT2D eigenvalue weighted by atomic mass is 19.1. The molecule has 2 amide bonds. The van der Waals surface area contributed by atoms with E-state index >= 15 is 0 Å². The SMILES string of the molecule is CCOc1ccc(C(=O)NC(C(=O)Nc2ccc(N3CC(C)OC(C)C3)c(F)c2)C(C)C)cc1. The van der Waals surface area contributed by atoms with Crippen LogP contribution in [0.4, 0.5) is 15.8 Å². The van der Waals surface area contributed by atoms with Crippen molar-refractivity contribution < 1.29 is 23.5 Å². The molecule has 1 aliphatic heterocycles. The molecular formula is C26H34FN3O4. The van der Waals surface area contributed by atoms with Crippen LogP contribution >= 0.6 is 0 Å². The van der Waals surface area contributed by atoms with Crippen LogP contribution in [-0.4, -0.2) is 49.8 Å². The van der Waals surface area contributed by atoms with Crippen molar-refractivity contribution in [2.24, 2.45) is 5.92 Å². The zero-order valence-electron chi connectivity index (χ0n) is 20.4. The van der Waals surface area contributed by atoms with Crippen LogP contribution in [0.5, 0.6) is 5.75 Å². The van der Waals surface area contributed by atoms with Gasteiger partial charge < -0.3 is 25.0 Å². The summed E-state index contributed by atoms with van der Waals surface area (Å²) < 4.78 is 26.0. The van der Waals surface area contributed by atoms with Gasteiger partial charge in [0.2, 0.25) is 5.91 Å². The van der Waals surface area contributed by atoms with Crippen LogP contribution in [0.2, 0.25) is 0 Å². The number of anilines is 2. The second kappa shape index (κ2) is 11.3. The number of hydrogen-bond donors (Lipinski definition) is 2. The predicted octanol–water partition coefficient (Wildman–Crippen LogP) is 4.23. The number of halogens is 1. The monoisotopic (exact) mass is 471 g/mol. The minimum Gasteiger partial charge on any atom is -0.494 e. The molecule has 184 valence electrons. The Bertz CT molecular complexity index is 986. The molecule has 1 heterocycles. The van der Waals surface area contributed by atoms with Gasteiger partial charge in [0.15, 0.2) is 0 Å². The summed E-state index contributed by atoms with van der Waals surface area (Å²) in [6.45, 7) is 11.2. The number of carbonyl (C=O) groups is 2. The van der Waals surface area contributed by atoms with Crippen LogP contribution in [0.1, 0.15) is 45.0 Å². The van der Waals surface area contributed by atoms with Gasteiger partial charge in [-0.25, -0.2) is 4.39 Å². The Kier molecular flexibility index (Phi) is 8.50. The third-order valence-corrected chi connectivity index (χ3v) is 5.64. The van der Waals surface area contributed by atoms with Crippen LogP contribution in [0, 0.1) is 11.7 Å². The molecular weight excluding hydrogens is 437 g/mol. The van der Waals surface area contributed by atoms with Crippen molar-refractivity contribution in [1.29, 1.82) is 0 Å². The first kappa shape index (κ1) is 25.5. The van der Waals surface area contributed by atoms with Gasteiger partial charge in [-0.2, -0.15) is 0 Å². The third-order valence-electron chi connectivity index (χ3n) is 5.64. The summed E-state index contributed by atoms with van der Waals surface area (Å²) in [4.78, 5) is 27.6. The van der Waals surface area contributed by atoms with Crippen LogP contribution in [0.15, 0.2) is 42.5 Å². The Hall–Kier alpha value is -3.13. The van der Waals surface area contributed by atoms with Gasteiger partial charge in [0.25, 0.3) is 5.91 Å². The van der Waals surface area contributed by atoms with E-state index in [2.05, 4.69) is 10.6 Å². The Labute approximate surface area is 200 Å². The van der Waals surface area contributed by atoms with E-state index in [1.54, 1.807) is 36.4 Å². The van der Waals surface area contributed by atoms with Gasteiger partial charge in [-0.15, -0.1) is 0 Å². The first-order valence-electron chi connectivity index (χ1n) is 11.7. The van der Waals surface area contributed by atoms with Crippen molar-refractivity contribution in [3.63, 3.8) is 0 Å². The van der Waals surface area contributed by atoms with Gasteiger partial charge in [-0.05, 0) is 69.2 Å². The van der Waals surface area contributed by atoms with E-state index in [1.807, 2.05) is 39.5 Å². The Balaban J connectivity index is 1.67. The van der Waals surface area contributed by atoms with Gasteiger partial charge in [0.05, 0.1) is 24.5 Å². The number of benzene rings is 2. The second-order valence-corrected chi connectivity index (χ2v) is 8.97. The van der Waals surface area contributed by atoms with E-state index in [4.69, 9.17) is 9.47 Å². The highest BCUT2D eigenvalue weighted by molar-refractivity contribution is 6.01. The Morgan fingerprint density at radius 3 is 2.32 bits per heavy atom. The van der Waals surface area contributed by atoms with E-state index in [0.717, 1.165) is 0 Å². The molecule has 2 N–H and O–H groups in total. The first-order valence-corrected chi connectivity index (χ1v) is 11.7. The molecule has 8 heteroatoms. The van der Waals surface area contributed by atoms with E-state index < -0.39 is 17.8 Å². The minimum atomic E-state index is -0.789. The maximum atomic E-state index is 14.9. The predicted molar refractivity (Wildman–Crippen MR) is 131 cm³/mol. The topological polar surface area (TPSA) is 79.9 Å². The highest BCUT2D eigenvalue weighted by Gasteiger charge is 2.27. The number of nitrogens with one attached hydrogen (secondary N) is 2. The molecule has 3 atom stereocenters. The zero-order valence-corrected chi connectivity index (χ0v) is 20.4. The largest absolute Gasteiger partial charge is 0.494 e. The van der Waals surface area contributed by atoms with E-state index in [0.29, 0.717) is 42.4 Å². The summed E-state index contributed by atoms with van der Waals surface area (Å²) in [5.74, 6) is -0.696. The summed E-state index contributed by atoms with van der Waals surface area (Å²) >= 11 is 0. The summed E-state index contributed by atoms with van der Waals surface area (Å²) in [5.41, 5.74) is 1.23. The lowest BCUT2D eigenvalue weighted by Crippen LogP contribution is -2.47. The molecule has 0 bridgehead atoms. The van der Waals surface area contributed by atoms with Crippen molar-refractivity contribution in [2.75, 3.05) is 29.9 Å². The molecule has 2 aromatic carbocycles. The Morgan fingerprint density at radius 1 is 1.12 bits per heavy atom. The van der Waals surface area contributed by atoms with Gasteiger partial charge >= 0.3 is 0 Å². The molecule has 1 aliphatic rings. The lowest BCUT2D eigenvalue weighted by atomic mass is 10.0. The number of nitrogens with zero attached hydrogens (tertiary/aromatic N) is 1. The molecule has 0 radical (unpaired) electrons. The normalized spacial score (nSPS) is 19.0. The van der Waals surface area contributed by atoms with Crippen LogP contribution < -0.4 is 20.3 Å². The molecule has 1 saturated heterocycles. The Morgan fingerprint density at radius 2 is 1.76 bits per heavy atom. The van der Waals surface area contributed by atoms with Crippen LogP contribution in [0.25, 0.3) is 0 Å². The maximum Gasteiger partial charge on any atom is 0.251 e. The van der Waals surface area contributed by atoms with Gasteiger partial charge in [-0.3, -0.25) is 9.59 Å². The fourth-order valence-corrected chi connectivity index (χ4v) is 4.06. The fraction of sp³-hybridized carbons (Fsp3) is 0.462. The summed E-state index contributed by atoms with van der Waals surface area (Å²) in [6, 6.07) is 10.6. The molecule has 7 nitrogen and oxygen atoms in total. The minimum absolute atomic E-state index is 0.00770. The lowest BCUT2D eigenvalue weighted by molar-refractivity contribution is -0.118. The van der Waals surface area contributed by atoms with Crippen molar-refractivity contribution >= 4 is 23.2 Å². The molecule has 0 aromatic heterocycles. The number of hydrogen-bond acceptors (Lipinski definition) is 5. The van der Waals surface area contributed by atoms with E-state index in [-0.39, 0.29) is 24.0 Å². The fourth-order valence-electron chi connectivity index (χ4n) is 4.06. The average molecular weight is 472 g/mol. The molecule has 0 saturated carbocycles. The van der Waals surface area contributed by atoms with Crippen molar-refractivity contribution in [2.45, 2.75) is 52.9 Å². The molecule has 0 spiro atoms.